The van der Waals surface area contributed by atoms with Crippen molar-refractivity contribution in [1.82, 2.24) is 0 Å². The van der Waals surface area contributed by atoms with Crippen molar-refractivity contribution in [3.8, 4) is 0 Å². The number of carbonyl (C=O) groups is 1. The van der Waals surface area contributed by atoms with Crippen molar-refractivity contribution in [2.24, 2.45) is 0 Å². The van der Waals surface area contributed by atoms with Gasteiger partial charge in [-0.1, -0.05) is 17.7 Å². The number of hydrogen-bond donors (Lipinski definition) is 0. The Bertz CT molecular complexity index is 365. The van der Waals surface area contributed by atoms with Gasteiger partial charge in [0.05, 0.1) is 17.9 Å². The van der Waals surface area contributed by atoms with Gasteiger partial charge in [0.25, 0.3) is 0 Å². The van der Waals surface area contributed by atoms with Gasteiger partial charge < -0.3 is 4.74 Å². The molecule has 0 heterocycles. The van der Waals surface area contributed by atoms with E-state index in [-0.39, 0.29) is 5.75 Å². The summed E-state index contributed by atoms with van der Waals surface area (Å²) in [5, 5.41) is 0.501. The Balaban J connectivity index is 2.75. The average molecular weight is 233 g/mol. The van der Waals surface area contributed by atoms with Crippen LogP contribution in [0.5, 0.6) is 0 Å². The Labute approximate surface area is 89.5 Å². The fourth-order valence-electron chi connectivity index (χ4n) is 0.858. The zero-order chi connectivity index (χ0) is 10.6. The van der Waals surface area contributed by atoms with Crippen LogP contribution in [0.3, 0.4) is 0 Å². The molecule has 5 heteroatoms. The highest BCUT2D eigenvalue weighted by Crippen LogP contribution is 2.14. The summed E-state index contributed by atoms with van der Waals surface area (Å²) in [5.74, 6) is -0.639. The van der Waals surface area contributed by atoms with Crippen LogP contribution in [0.1, 0.15) is 0 Å². The SMILES string of the molecule is COC(=O)C[S@](=O)c1cccc(Cl)c1. The molecule has 0 aromatic heterocycles. The summed E-state index contributed by atoms with van der Waals surface area (Å²) >= 11 is 5.71. The molecule has 0 saturated heterocycles. The van der Waals surface area contributed by atoms with E-state index in [2.05, 4.69) is 4.74 Å². The molecule has 1 aromatic rings. The normalized spacial score (nSPS) is 12.1. The lowest BCUT2D eigenvalue weighted by molar-refractivity contribution is -0.137. The van der Waals surface area contributed by atoms with Crippen molar-refractivity contribution in [3.05, 3.63) is 29.3 Å². The van der Waals surface area contributed by atoms with Gasteiger partial charge in [0, 0.05) is 9.92 Å². The van der Waals surface area contributed by atoms with Crippen LogP contribution in [0.15, 0.2) is 29.2 Å². The van der Waals surface area contributed by atoms with Crippen LogP contribution >= 0.6 is 11.6 Å². The van der Waals surface area contributed by atoms with Crippen LogP contribution in [-0.2, 0) is 20.3 Å². The summed E-state index contributed by atoms with van der Waals surface area (Å²) in [4.78, 5) is 11.4. The highest BCUT2D eigenvalue weighted by Gasteiger charge is 2.10. The zero-order valence-electron chi connectivity index (χ0n) is 7.53. The van der Waals surface area contributed by atoms with Gasteiger partial charge in [-0.05, 0) is 18.2 Å². The molecule has 0 fully saturated rings. The molecule has 0 radical (unpaired) electrons. The largest absolute Gasteiger partial charge is 0.468 e. The van der Waals surface area contributed by atoms with E-state index in [1.165, 1.54) is 7.11 Å². The molecule has 0 bridgehead atoms. The Hall–Kier alpha value is -0.870. The number of ether oxygens (including phenoxy) is 1. The number of benzene rings is 1. The average Bonchev–Trinajstić information content (AvgIpc) is 2.17. The number of hydrogen-bond acceptors (Lipinski definition) is 3. The van der Waals surface area contributed by atoms with E-state index >= 15 is 0 Å². The lowest BCUT2D eigenvalue weighted by Crippen LogP contribution is -2.11. The van der Waals surface area contributed by atoms with Crippen LogP contribution in [0.2, 0.25) is 5.02 Å². The molecule has 0 saturated carbocycles. The van der Waals surface area contributed by atoms with E-state index in [0.29, 0.717) is 9.92 Å². The highest BCUT2D eigenvalue weighted by molar-refractivity contribution is 7.85. The van der Waals surface area contributed by atoms with Gasteiger partial charge in [-0.2, -0.15) is 0 Å². The second-order valence-electron chi connectivity index (χ2n) is 2.52. The molecule has 0 aliphatic heterocycles. The molecule has 0 unspecified atom stereocenters. The molecule has 3 nitrogen and oxygen atoms in total. The smallest absolute Gasteiger partial charge is 0.318 e. The maximum Gasteiger partial charge on any atom is 0.318 e. The third-order valence-electron chi connectivity index (χ3n) is 1.54. The topological polar surface area (TPSA) is 43.4 Å². The van der Waals surface area contributed by atoms with Crippen molar-refractivity contribution in [1.29, 1.82) is 0 Å². The summed E-state index contributed by atoms with van der Waals surface area (Å²) in [6.45, 7) is 0. The molecular weight excluding hydrogens is 224 g/mol. The number of rotatable bonds is 3. The Kier molecular flexibility index (Phi) is 4.10. The van der Waals surface area contributed by atoms with E-state index < -0.39 is 16.8 Å². The minimum atomic E-state index is -1.38. The Morgan fingerprint density at radius 2 is 2.29 bits per heavy atom. The van der Waals surface area contributed by atoms with Gasteiger partial charge in [0.15, 0.2) is 0 Å². The third-order valence-corrected chi connectivity index (χ3v) is 3.05. The van der Waals surface area contributed by atoms with E-state index in [4.69, 9.17) is 11.6 Å². The first-order valence-electron chi connectivity index (χ1n) is 3.84. The quantitative estimate of drug-likeness (QED) is 0.744. The molecule has 14 heavy (non-hydrogen) atoms. The predicted octanol–water partition coefficient (Wildman–Crippen LogP) is 1.62. The van der Waals surface area contributed by atoms with Gasteiger partial charge in [0.1, 0.15) is 5.75 Å². The van der Waals surface area contributed by atoms with E-state index in [1.807, 2.05) is 0 Å². The van der Waals surface area contributed by atoms with E-state index in [0.717, 1.165) is 0 Å². The van der Waals surface area contributed by atoms with Gasteiger partial charge in [-0.15, -0.1) is 0 Å². The van der Waals surface area contributed by atoms with Crippen molar-refractivity contribution >= 4 is 28.4 Å². The molecule has 0 aliphatic carbocycles. The zero-order valence-corrected chi connectivity index (χ0v) is 9.10. The molecular formula is C9H9ClO3S. The minimum absolute atomic E-state index is 0.142. The van der Waals surface area contributed by atoms with Gasteiger partial charge in [0.2, 0.25) is 0 Å². The molecule has 0 spiro atoms. The molecule has 76 valence electrons. The maximum atomic E-state index is 11.5. The summed E-state index contributed by atoms with van der Waals surface area (Å²) in [6.07, 6.45) is 0. The van der Waals surface area contributed by atoms with E-state index in [9.17, 15) is 9.00 Å². The molecule has 0 N–H and O–H groups in total. The second kappa shape index (κ2) is 5.12. The second-order valence-corrected chi connectivity index (χ2v) is 4.41. The van der Waals surface area contributed by atoms with Crippen molar-refractivity contribution < 1.29 is 13.7 Å². The van der Waals surface area contributed by atoms with Gasteiger partial charge in [-0.25, -0.2) is 0 Å². The van der Waals surface area contributed by atoms with Crippen molar-refractivity contribution in [2.45, 2.75) is 4.90 Å². The minimum Gasteiger partial charge on any atom is -0.468 e. The summed E-state index contributed by atoms with van der Waals surface area (Å²) in [7, 11) is -0.121. The van der Waals surface area contributed by atoms with E-state index in [1.54, 1.807) is 24.3 Å². The molecule has 1 aromatic carbocycles. The number of carbonyl (C=O) groups excluding carboxylic acids is 1. The fourth-order valence-corrected chi connectivity index (χ4v) is 2.10. The molecule has 0 amide bonds. The molecule has 1 rings (SSSR count). The summed E-state index contributed by atoms with van der Waals surface area (Å²) < 4.78 is 15.9. The van der Waals surface area contributed by atoms with Crippen molar-refractivity contribution in [3.63, 3.8) is 0 Å². The van der Waals surface area contributed by atoms with Crippen LogP contribution in [0, 0.1) is 0 Å². The maximum absolute atomic E-state index is 11.5. The van der Waals surface area contributed by atoms with Crippen LogP contribution in [0.25, 0.3) is 0 Å². The highest BCUT2D eigenvalue weighted by atomic mass is 35.5. The van der Waals surface area contributed by atoms with Crippen LogP contribution in [-0.4, -0.2) is 23.0 Å². The number of methoxy groups -OCH3 is 1. The van der Waals surface area contributed by atoms with Gasteiger partial charge in [-0.3, -0.25) is 9.00 Å². The first-order chi connectivity index (χ1) is 6.63. The summed E-state index contributed by atoms with van der Waals surface area (Å²) in [6, 6.07) is 6.60. The van der Waals surface area contributed by atoms with Crippen LogP contribution in [0.4, 0.5) is 0 Å². The Morgan fingerprint density at radius 1 is 1.57 bits per heavy atom. The molecule has 1 atom stereocenters. The fraction of sp³-hybridized carbons (Fsp3) is 0.222. The number of halogens is 1. The van der Waals surface area contributed by atoms with Crippen molar-refractivity contribution in [2.75, 3.05) is 12.9 Å². The summed E-state index contributed by atoms with van der Waals surface area (Å²) in [5.41, 5.74) is 0. The number of esters is 1. The monoisotopic (exact) mass is 232 g/mol. The third kappa shape index (κ3) is 3.12. The van der Waals surface area contributed by atoms with Gasteiger partial charge >= 0.3 is 5.97 Å². The first-order valence-corrected chi connectivity index (χ1v) is 5.54. The first kappa shape index (κ1) is 11.2. The predicted molar refractivity (Wildman–Crippen MR) is 54.7 cm³/mol. The standard InChI is InChI=1S/C9H9ClO3S/c1-13-9(11)6-14(12)8-4-2-3-7(10)5-8/h2-5H,6H2,1H3/t14-/m0/s1. The lowest BCUT2D eigenvalue weighted by atomic mass is 10.4. The van der Waals surface area contributed by atoms with Crippen LogP contribution < -0.4 is 0 Å². The lowest BCUT2D eigenvalue weighted by Gasteiger charge is -2.00. The molecule has 0 aliphatic rings. The Morgan fingerprint density at radius 3 is 2.86 bits per heavy atom.